The van der Waals surface area contributed by atoms with Gasteiger partial charge in [0.15, 0.2) is 11.5 Å². The van der Waals surface area contributed by atoms with E-state index in [-0.39, 0.29) is 5.91 Å². The van der Waals surface area contributed by atoms with E-state index in [0.717, 1.165) is 36.5 Å². The smallest absolute Gasteiger partial charge is 0.227 e. The fourth-order valence-electron chi connectivity index (χ4n) is 3.84. The molecule has 3 rings (SSSR count). The molecule has 1 amide bonds. The van der Waals surface area contributed by atoms with Gasteiger partial charge < -0.3 is 23.8 Å². The molecule has 7 nitrogen and oxygen atoms in total. The van der Waals surface area contributed by atoms with Crippen LogP contribution in [0.15, 0.2) is 36.4 Å². The van der Waals surface area contributed by atoms with Crippen LogP contribution in [0, 0.1) is 0 Å². The van der Waals surface area contributed by atoms with Gasteiger partial charge in [-0.05, 0) is 30.7 Å². The number of methoxy groups -OCH3 is 3. The van der Waals surface area contributed by atoms with Crippen molar-refractivity contribution in [1.29, 1.82) is 0 Å². The molecule has 168 valence electrons. The fraction of sp³-hybridized carbons (Fsp3) is 0.458. The minimum absolute atomic E-state index is 0.160. The van der Waals surface area contributed by atoms with Crippen molar-refractivity contribution in [3.8, 4) is 23.0 Å². The maximum absolute atomic E-state index is 12.7. The number of carbonyl (C=O) groups excluding carboxylic acids is 1. The van der Waals surface area contributed by atoms with E-state index in [1.807, 2.05) is 48.2 Å². The first-order valence-electron chi connectivity index (χ1n) is 10.6. The van der Waals surface area contributed by atoms with Crippen molar-refractivity contribution in [3.05, 3.63) is 47.5 Å². The Labute approximate surface area is 184 Å². The minimum atomic E-state index is 0.160. The lowest BCUT2D eigenvalue weighted by Crippen LogP contribution is -2.48. The Morgan fingerprint density at radius 2 is 1.55 bits per heavy atom. The van der Waals surface area contributed by atoms with Gasteiger partial charge in [0.1, 0.15) is 5.75 Å². The molecule has 7 heteroatoms. The summed E-state index contributed by atoms with van der Waals surface area (Å²) in [6, 6.07) is 11.7. The normalized spacial score (nSPS) is 14.3. The van der Waals surface area contributed by atoms with Crippen LogP contribution in [-0.4, -0.2) is 69.8 Å². The molecule has 0 saturated carbocycles. The lowest BCUT2D eigenvalue weighted by molar-refractivity contribution is -0.132. The molecule has 0 atom stereocenters. The van der Waals surface area contributed by atoms with E-state index >= 15 is 0 Å². The second kappa shape index (κ2) is 10.9. The Hall–Kier alpha value is -2.93. The Morgan fingerprint density at radius 1 is 0.871 bits per heavy atom. The Kier molecular flexibility index (Phi) is 8.00. The number of amides is 1. The van der Waals surface area contributed by atoms with Crippen LogP contribution in [0.1, 0.15) is 18.1 Å². The first-order chi connectivity index (χ1) is 15.1. The maximum atomic E-state index is 12.7. The van der Waals surface area contributed by atoms with Gasteiger partial charge in [-0.25, -0.2) is 0 Å². The number of benzene rings is 2. The van der Waals surface area contributed by atoms with Crippen LogP contribution in [0.3, 0.4) is 0 Å². The molecule has 0 aliphatic carbocycles. The van der Waals surface area contributed by atoms with E-state index in [4.69, 9.17) is 18.9 Å². The maximum Gasteiger partial charge on any atom is 0.227 e. The van der Waals surface area contributed by atoms with Crippen molar-refractivity contribution in [3.63, 3.8) is 0 Å². The van der Waals surface area contributed by atoms with Crippen molar-refractivity contribution in [2.45, 2.75) is 19.9 Å². The van der Waals surface area contributed by atoms with Gasteiger partial charge >= 0.3 is 0 Å². The van der Waals surface area contributed by atoms with Crippen molar-refractivity contribution in [2.75, 3.05) is 54.1 Å². The summed E-state index contributed by atoms with van der Waals surface area (Å²) < 4.78 is 21.9. The van der Waals surface area contributed by atoms with Gasteiger partial charge in [0.25, 0.3) is 0 Å². The summed E-state index contributed by atoms with van der Waals surface area (Å²) in [5.41, 5.74) is 2.04. The first kappa shape index (κ1) is 22.7. The lowest BCUT2D eigenvalue weighted by atomic mass is 10.1. The van der Waals surface area contributed by atoms with Gasteiger partial charge in [-0.2, -0.15) is 0 Å². The number of piperazine rings is 1. The van der Waals surface area contributed by atoms with E-state index in [1.165, 1.54) is 0 Å². The standard InChI is InChI=1S/C24H32N2O5/c1-5-31-20-9-6-18(7-10-20)16-22(27)26-14-12-25(13-15-26)17-19-8-11-21(28-2)24(30-4)23(19)29-3/h6-11H,5,12-17H2,1-4H3. The highest BCUT2D eigenvalue weighted by molar-refractivity contribution is 5.79. The largest absolute Gasteiger partial charge is 0.494 e. The molecule has 31 heavy (non-hydrogen) atoms. The van der Waals surface area contributed by atoms with Crippen LogP contribution in [-0.2, 0) is 17.8 Å². The molecule has 2 aromatic rings. The Morgan fingerprint density at radius 3 is 2.13 bits per heavy atom. The molecule has 1 aliphatic rings. The molecular weight excluding hydrogens is 396 g/mol. The van der Waals surface area contributed by atoms with Gasteiger partial charge in [-0.15, -0.1) is 0 Å². The van der Waals surface area contributed by atoms with Crippen LogP contribution < -0.4 is 18.9 Å². The molecule has 1 aliphatic heterocycles. The highest BCUT2D eigenvalue weighted by Gasteiger charge is 2.23. The number of nitrogens with zero attached hydrogens (tertiary/aromatic N) is 2. The first-order valence-corrected chi connectivity index (χ1v) is 10.6. The molecule has 0 radical (unpaired) electrons. The zero-order valence-electron chi connectivity index (χ0n) is 18.8. The van der Waals surface area contributed by atoms with Crippen molar-refractivity contribution in [2.24, 2.45) is 0 Å². The molecule has 0 bridgehead atoms. The van der Waals surface area contributed by atoms with E-state index in [1.54, 1.807) is 21.3 Å². The minimum Gasteiger partial charge on any atom is -0.494 e. The average molecular weight is 429 g/mol. The van der Waals surface area contributed by atoms with Gasteiger partial charge in [-0.3, -0.25) is 9.69 Å². The average Bonchev–Trinajstić information content (AvgIpc) is 2.80. The predicted molar refractivity (Wildman–Crippen MR) is 119 cm³/mol. The van der Waals surface area contributed by atoms with Gasteiger partial charge in [0.2, 0.25) is 11.7 Å². The summed E-state index contributed by atoms with van der Waals surface area (Å²) in [5, 5.41) is 0. The monoisotopic (exact) mass is 428 g/mol. The fourth-order valence-corrected chi connectivity index (χ4v) is 3.84. The van der Waals surface area contributed by atoms with Crippen molar-refractivity contribution >= 4 is 5.91 Å². The molecular formula is C24H32N2O5. The molecule has 2 aromatic carbocycles. The van der Waals surface area contributed by atoms with E-state index < -0.39 is 0 Å². The molecule has 1 fully saturated rings. The number of ether oxygens (including phenoxy) is 4. The van der Waals surface area contributed by atoms with Crippen LogP contribution in [0.25, 0.3) is 0 Å². The SMILES string of the molecule is CCOc1ccc(CC(=O)N2CCN(Cc3ccc(OC)c(OC)c3OC)CC2)cc1. The molecule has 1 saturated heterocycles. The number of hydrogen-bond acceptors (Lipinski definition) is 6. The summed E-state index contributed by atoms with van der Waals surface area (Å²) in [6.45, 7) is 6.37. The molecule has 1 heterocycles. The Balaban J connectivity index is 1.55. The van der Waals surface area contributed by atoms with Gasteiger partial charge in [-0.1, -0.05) is 18.2 Å². The lowest BCUT2D eigenvalue weighted by Gasteiger charge is -2.35. The number of rotatable bonds is 9. The third kappa shape index (κ3) is 5.61. The summed E-state index contributed by atoms with van der Waals surface area (Å²) >= 11 is 0. The van der Waals surface area contributed by atoms with Gasteiger partial charge in [0.05, 0.1) is 34.4 Å². The molecule has 0 aromatic heterocycles. The van der Waals surface area contributed by atoms with E-state index in [2.05, 4.69) is 4.90 Å². The number of hydrogen-bond donors (Lipinski definition) is 0. The number of carbonyl (C=O) groups is 1. The summed E-state index contributed by atoms with van der Waals surface area (Å²) in [4.78, 5) is 17.0. The second-order valence-corrected chi connectivity index (χ2v) is 7.40. The van der Waals surface area contributed by atoms with Crippen LogP contribution in [0.5, 0.6) is 23.0 Å². The third-order valence-corrected chi connectivity index (χ3v) is 5.49. The van der Waals surface area contributed by atoms with Crippen LogP contribution >= 0.6 is 0 Å². The van der Waals surface area contributed by atoms with Gasteiger partial charge in [0, 0.05) is 38.3 Å². The molecule has 0 unspecified atom stereocenters. The molecule has 0 N–H and O–H groups in total. The van der Waals surface area contributed by atoms with E-state index in [0.29, 0.717) is 43.4 Å². The third-order valence-electron chi connectivity index (χ3n) is 5.49. The van der Waals surface area contributed by atoms with Crippen LogP contribution in [0.4, 0.5) is 0 Å². The highest BCUT2D eigenvalue weighted by atomic mass is 16.5. The second-order valence-electron chi connectivity index (χ2n) is 7.40. The zero-order valence-corrected chi connectivity index (χ0v) is 18.8. The zero-order chi connectivity index (χ0) is 22.2. The Bertz CT molecular complexity index is 861. The topological polar surface area (TPSA) is 60.5 Å². The molecule has 0 spiro atoms. The quantitative estimate of drug-likeness (QED) is 0.612. The van der Waals surface area contributed by atoms with Crippen molar-refractivity contribution < 1.29 is 23.7 Å². The van der Waals surface area contributed by atoms with Crippen molar-refractivity contribution in [1.82, 2.24) is 9.80 Å². The van der Waals surface area contributed by atoms with Crippen LogP contribution in [0.2, 0.25) is 0 Å². The predicted octanol–water partition coefficient (Wildman–Crippen LogP) is 3.00. The summed E-state index contributed by atoms with van der Waals surface area (Å²) in [5.74, 6) is 2.93. The summed E-state index contributed by atoms with van der Waals surface area (Å²) in [6.07, 6.45) is 0.413. The highest BCUT2D eigenvalue weighted by Crippen LogP contribution is 2.40. The summed E-state index contributed by atoms with van der Waals surface area (Å²) in [7, 11) is 4.86. The van der Waals surface area contributed by atoms with E-state index in [9.17, 15) is 4.79 Å².